The number of sulfonamides is 1. The van der Waals surface area contributed by atoms with Crippen LogP contribution in [-0.4, -0.2) is 38.3 Å². The van der Waals surface area contributed by atoms with Crippen LogP contribution in [0.5, 0.6) is 0 Å². The number of aliphatic hydroxyl groups is 1. The van der Waals surface area contributed by atoms with Crippen LogP contribution >= 0.6 is 0 Å². The van der Waals surface area contributed by atoms with Gasteiger partial charge in [0, 0.05) is 23.7 Å². The van der Waals surface area contributed by atoms with Gasteiger partial charge in [-0.05, 0) is 37.1 Å². The molecule has 0 spiro atoms. The van der Waals surface area contributed by atoms with E-state index in [1.54, 1.807) is 24.3 Å². The Bertz CT molecular complexity index is 598. The van der Waals surface area contributed by atoms with Gasteiger partial charge in [0.25, 0.3) is 5.91 Å². The molecule has 2 atom stereocenters. The van der Waals surface area contributed by atoms with Crippen molar-refractivity contribution in [3.8, 4) is 0 Å². The van der Waals surface area contributed by atoms with Gasteiger partial charge in [-0.25, -0.2) is 8.42 Å². The highest BCUT2D eigenvalue weighted by atomic mass is 32.2. The van der Waals surface area contributed by atoms with Gasteiger partial charge >= 0.3 is 0 Å². The molecule has 1 aliphatic rings. The van der Waals surface area contributed by atoms with Crippen LogP contribution in [0.2, 0.25) is 0 Å². The molecule has 7 heteroatoms. The lowest BCUT2D eigenvalue weighted by molar-refractivity contribution is 0.0917. The maximum atomic E-state index is 12.0. The number of carbonyl (C=O) groups excluding carboxylic acids is 1. The van der Waals surface area contributed by atoms with Crippen molar-refractivity contribution in [3.63, 3.8) is 0 Å². The zero-order valence-electron chi connectivity index (χ0n) is 11.9. The van der Waals surface area contributed by atoms with Crippen LogP contribution in [0.1, 0.15) is 29.6 Å². The van der Waals surface area contributed by atoms with Gasteiger partial charge in [0.05, 0.1) is 12.4 Å². The third-order valence-corrected chi connectivity index (χ3v) is 4.20. The van der Waals surface area contributed by atoms with Gasteiger partial charge in [-0.15, -0.1) is 0 Å². The molecule has 2 rings (SSSR count). The molecular formula is C14H20N2O4S. The maximum Gasteiger partial charge on any atom is 0.251 e. The van der Waals surface area contributed by atoms with E-state index in [1.165, 1.54) is 0 Å². The molecule has 116 valence electrons. The summed E-state index contributed by atoms with van der Waals surface area (Å²) in [5, 5.41) is 12.5. The third kappa shape index (κ3) is 4.71. The van der Waals surface area contributed by atoms with Crippen molar-refractivity contribution in [2.45, 2.75) is 25.4 Å². The average molecular weight is 312 g/mol. The molecule has 0 saturated heterocycles. The van der Waals surface area contributed by atoms with Crippen molar-refractivity contribution in [2.24, 2.45) is 5.92 Å². The molecule has 1 aromatic rings. The Labute approximate surface area is 124 Å². The standard InChI is InChI=1S/C14H20N2O4S/c1-21(19,20)16-12-7-5-10(6-8-12)14(18)15-9-11-3-2-4-13(11)17/h5-8,11,13,16-17H,2-4,9H2,1H3,(H,15,18). The van der Waals surface area contributed by atoms with Gasteiger partial charge in [-0.2, -0.15) is 0 Å². The van der Waals surface area contributed by atoms with E-state index in [4.69, 9.17) is 0 Å². The number of rotatable bonds is 5. The van der Waals surface area contributed by atoms with Gasteiger partial charge in [0.15, 0.2) is 0 Å². The molecule has 0 radical (unpaired) electrons. The molecule has 6 nitrogen and oxygen atoms in total. The first kappa shape index (κ1) is 15.8. The lowest BCUT2D eigenvalue weighted by Gasteiger charge is -2.15. The Hall–Kier alpha value is -1.60. The molecule has 21 heavy (non-hydrogen) atoms. The number of hydrogen-bond acceptors (Lipinski definition) is 4. The number of nitrogens with one attached hydrogen (secondary N) is 2. The topological polar surface area (TPSA) is 95.5 Å². The Balaban J connectivity index is 1.90. The van der Waals surface area contributed by atoms with Crippen LogP contribution in [0.3, 0.4) is 0 Å². The minimum absolute atomic E-state index is 0.125. The quantitative estimate of drug-likeness (QED) is 0.754. The van der Waals surface area contributed by atoms with Gasteiger partial charge in [0.2, 0.25) is 10.0 Å². The average Bonchev–Trinajstić information content (AvgIpc) is 2.80. The van der Waals surface area contributed by atoms with Gasteiger partial charge in [0.1, 0.15) is 0 Å². The Morgan fingerprint density at radius 3 is 2.48 bits per heavy atom. The van der Waals surface area contributed by atoms with Gasteiger partial charge in [-0.3, -0.25) is 9.52 Å². The van der Waals surface area contributed by atoms with Crippen LogP contribution in [0.25, 0.3) is 0 Å². The zero-order chi connectivity index (χ0) is 15.5. The van der Waals surface area contributed by atoms with Gasteiger partial charge in [-0.1, -0.05) is 6.42 Å². The number of amides is 1. The Morgan fingerprint density at radius 1 is 1.29 bits per heavy atom. The molecule has 1 aromatic carbocycles. The zero-order valence-corrected chi connectivity index (χ0v) is 12.7. The molecule has 1 aliphatic carbocycles. The second kappa shape index (κ2) is 6.44. The fraction of sp³-hybridized carbons (Fsp3) is 0.500. The number of hydrogen-bond donors (Lipinski definition) is 3. The fourth-order valence-corrected chi connectivity index (χ4v) is 3.05. The van der Waals surface area contributed by atoms with Crippen molar-refractivity contribution in [1.29, 1.82) is 0 Å². The molecule has 0 bridgehead atoms. The normalized spacial score (nSPS) is 22.0. The first-order valence-electron chi connectivity index (χ1n) is 6.89. The molecule has 0 aliphatic heterocycles. The maximum absolute atomic E-state index is 12.0. The van der Waals surface area contributed by atoms with Crippen molar-refractivity contribution < 1.29 is 18.3 Å². The summed E-state index contributed by atoms with van der Waals surface area (Å²) >= 11 is 0. The fourth-order valence-electron chi connectivity index (χ4n) is 2.48. The van der Waals surface area contributed by atoms with E-state index in [2.05, 4.69) is 10.0 Å². The van der Waals surface area contributed by atoms with Crippen molar-refractivity contribution >= 4 is 21.6 Å². The smallest absolute Gasteiger partial charge is 0.251 e. The number of aliphatic hydroxyl groups excluding tert-OH is 1. The Morgan fingerprint density at radius 2 is 1.95 bits per heavy atom. The van der Waals surface area contributed by atoms with E-state index in [0.717, 1.165) is 25.5 Å². The SMILES string of the molecule is CS(=O)(=O)Nc1ccc(C(=O)NCC2CCCC2O)cc1. The molecule has 1 fully saturated rings. The lowest BCUT2D eigenvalue weighted by Crippen LogP contribution is -2.32. The highest BCUT2D eigenvalue weighted by Gasteiger charge is 2.25. The summed E-state index contributed by atoms with van der Waals surface area (Å²) in [6.45, 7) is 0.462. The molecule has 0 heterocycles. The van der Waals surface area contributed by atoms with E-state index < -0.39 is 10.0 Å². The minimum atomic E-state index is -3.32. The first-order valence-corrected chi connectivity index (χ1v) is 8.78. The molecular weight excluding hydrogens is 292 g/mol. The van der Waals surface area contributed by atoms with Crippen molar-refractivity contribution in [1.82, 2.24) is 5.32 Å². The van der Waals surface area contributed by atoms with Crippen LogP contribution in [0, 0.1) is 5.92 Å². The summed E-state index contributed by atoms with van der Waals surface area (Å²) in [6.07, 6.45) is 3.46. The van der Waals surface area contributed by atoms with Crippen LogP contribution in [-0.2, 0) is 10.0 Å². The van der Waals surface area contributed by atoms with Crippen LogP contribution in [0.4, 0.5) is 5.69 Å². The second-order valence-electron chi connectivity index (χ2n) is 5.42. The van der Waals surface area contributed by atoms with Crippen LogP contribution in [0.15, 0.2) is 24.3 Å². The molecule has 3 N–H and O–H groups in total. The predicted octanol–water partition coefficient (Wildman–Crippen LogP) is 0.949. The molecule has 1 saturated carbocycles. The summed E-state index contributed by atoms with van der Waals surface area (Å²) in [5.74, 6) is -0.0971. The summed E-state index contributed by atoms with van der Waals surface area (Å²) in [5.41, 5.74) is 0.877. The molecule has 0 aromatic heterocycles. The highest BCUT2D eigenvalue weighted by molar-refractivity contribution is 7.92. The summed E-state index contributed by atoms with van der Waals surface area (Å²) in [4.78, 5) is 12.0. The second-order valence-corrected chi connectivity index (χ2v) is 7.17. The van der Waals surface area contributed by atoms with E-state index in [0.29, 0.717) is 17.8 Å². The van der Waals surface area contributed by atoms with E-state index in [1.807, 2.05) is 0 Å². The number of anilines is 1. The largest absolute Gasteiger partial charge is 0.393 e. The first-order chi connectivity index (χ1) is 9.85. The van der Waals surface area contributed by atoms with E-state index >= 15 is 0 Å². The minimum Gasteiger partial charge on any atom is -0.393 e. The van der Waals surface area contributed by atoms with Crippen molar-refractivity contribution in [2.75, 3.05) is 17.5 Å². The van der Waals surface area contributed by atoms with E-state index in [-0.39, 0.29) is 17.9 Å². The molecule has 1 amide bonds. The van der Waals surface area contributed by atoms with Crippen LogP contribution < -0.4 is 10.0 Å². The predicted molar refractivity (Wildman–Crippen MR) is 80.6 cm³/mol. The number of benzene rings is 1. The van der Waals surface area contributed by atoms with E-state index in [9.17, 15) is 18.3 Å². The third-order valence-electron chi connectivity index (χ3n) is 3.59. The highest BCUT2D eigenvalue weighted by Crippen LogP contribution is 2.24. The summed E-state index contributed by atoms with van der Waals surface area (Å²) in [6, 6.07) is 6.21. The monoisotopic (exact) mass is 312 g/mol. The summed E-state index contributed by atoms with van der Waals surface area (Å²) < 4.78 is 24.5. The number of carbonyl (C=O) groups is 1. The van der Waals surface area contributed by atoms with Crippen molar-refractivity contribution in [3.05, 3.63) is 29.8 Å². The summed E-state index contributed by atoms with van der Waals surface area (Å²) in [7, 11) is -3.32. The Kier molecular flexibility index (Phi) is 4.84. The lowest BCUT2D eigenvalue weighted by atomic mass is 10.1. The van der Waals surface area contributed by atoms with Gasteiger partial charge < -0.3 is 10.4 Å². The molecule has 2 unspecified atom stereocenters.